The van der Waals surface area contributed by atoms with Crippen molar-refractivity contribution in [3.05, 3.63) is 48.0 Å². The van der Waals surface area contributed by atoms with Crippen molar-refractivity contribution in [2.24, 2.45) is 5.92 Å². The molecule has 1 amide bonds. The van der Waals surface area contributed by atoms with E-state index in [0.29, 0.717) is 0 Å². The van der Waals surface area contributed by atoms with E-state index in [1.54, 1.807) is 7.11 Å². The number of ether oxygens (including phenoxy) is 2. The second kappa shape index (κ2) is 7.59. The molecule has 4 nitrogen and oxygen atoms in total. The summed E-state index contributed by atoms with van der Waals surface area (Å²) in [7, 11) is 1.68. The fraction of sp³-hybridized carbons (Fsp3) is 0.458. The second-order valence-corrected chi connectivity index (χ2v) is 8.09. The lowest BCUT2D eigenvalue weighted by Crippen LogP contribution is -2.42. The minimum Gasteiger partial charge on any atom is -0.497 e. The fourth-order valence-electron chi connectivity index (χ4n) is 4.46. The maximum Gasteiger partial charge on any atom is 0.229 e. The van der Waals surface area contributed by atoms with E-state index >= 15 is 0 Å². The molecular weight excluding hydrogens is 350 g/mol. The van der Waals surface area contributed by atoms with Crippen LogP contribution in [0.15, 0.2) is 42.5 Å². The normalized spacial score (nSPS) is 18.8. The molecule has 2 aromatic rings. The molecule has 1 spiro atoms. The van der Waals surface area contributed by atoms with Gasteiger partial charge in [0, 0.05) is 36.8 Å². The molecule has 28 heavy (non-hydrogen) atoms. The van der Waals surface area contributed by atoms with Crippen LogP contribution in [-0.4, -0.2) is 32.8 Å². The van der Waals surface area contributed by atoms with E-state index in [-0.39, 0.29) is 17.2 Å². The SMILES string of the molecule is CCC(C)C(=O)N1CC2(CCOCC2)c2cc(-c3ccc(OC)cc3)ccc21. The summed E-state index contributed by atoms with van der Waals surface area (Å²) in [5.41, 5.74) is 4.76. The summed E-state index contributed by atoms with van der Waals surface area (Å²) >= 11 is 0. The number of anilines is 1. The van der Waals surface area contributed by atoms with Crippen LogP contribution >= 0.6 is 0 Å². The zero-order valence-corrected chi connectivity index (χ0v) is 17.0. The monoisotopic (exact) mass is 379 g/mol. The van der Waals surface area contributed by atoms with E-state index in [9.17, 15) is 4.79 Å². The number of hydrogen-bond acceptors (Lipinski definition) is 3. The minimum atomic E-state index is 0.0131. The van der Waals surface area contributed by atoms with Crippen LogP contribution in [0.2, 0.25) is 0 Å². The Bertz CT molecular complexity index is 853. The molecule has 2 aliphatic heterocycles. The lowest BCUT2D eigenvalue weighted by Gasteiger charge is -2.34. The zero-order chi connectivity index (χ0) is 19.7. The Morgan fingerprint density at radius 3 is 2.46 bits per heavy atom. The first-order valence-electron chi connectivity index (χ1n) is 10.3. The number of fused-ring (bicyclic) bond motifs is 2. The minimum absolute atomic E-state index is 0.0131. The van der Waals surface area contributed by atoms with Crippen molar-refractivity contribution in [1.29, 1.82) is 0 Å². The van der Waals surface area contributed by atoms with Crippen molar-refractivity contribution in [1.82, 2.24) is 0 Å². The van der Waals surface area contributed by atoms with Crippen LogP contribution in [0.5, 0.6) is 5.75 Å². The highest BCUT2D eigenvalue weighted by molar-refractivity contribution is 5.98. The molecule has 2 aliphatic rings. The van der Waals surface area contributed by atoms with Crippen molar-refractivity contribution < 1.29 is 14.3 Å². The van der Waals surface area contributed by atoms with Crippen LogP contribution in [0.3, 0.4) is 0 Å². The Hall–Kier alpha value is -2.33. The van der Waals surface area contributed by atoms with E-state index in [1.807, 2.05) is 24.0 Å². The van der Waals surface area contributed by atoms with Gasteiger partial charge in [-0.05, 0) is 60.2 Å². The third kappa shape index (κ3) is 3.20. The third-order valence-electron chi connectivity index (χ3n) is 6.49. The molecule has 0 radical (unpaired) electrons. The number of carbonyl (C=O) groups excluding carboxylic acids is 1. The Labute approximate surface area is 167 Å². The first kappa shape index (κ1) is 19.0. The van der Waals surface area contributed by atoms with Crippen molar-refractivity contribution >= 4 is 11.6 Å². The fourth-order valence-corrected chi connectivity index (χ4v) is 4.46. The van der Waals surface area contributed by atoms with Gasteiger partial charge in [0.05, 0.1) is 7.11 Å². The largest absolute Gasteiger partial charge is 0.497 e. The molecule has 2 aromatic carbocycles. The highest BCUT2D eigenvalue weighted by Gasteiger charge is 2.46. The molecule has 2 heterocycles. The second-order valence-electron chi connectivity index (χ2n) is 8.09. The van der Waals surface area contributed by atoms with Crippen molar-refractivity contribution in [3.63, 3.8) is 0 Å². The lowest BCUT2D eigenvalue weighted by atomic mass is 9.75. The molecule has 148 valence electrons. The van der Waals surface area contributed by atoms with Gasteiger partial charge in [0.2, 0.25) is 5.91 Å². The number of methoxy groups -OCH3 is 1. The van der Waals surface area contributed by atoms with Crippen molar-refractivity contribution in [2.45, 2.75) is 38.5 Å². The molecule has 1 saturated heterocycles. The van der Waals surface area contributed by atoms with Gasteiger partial charge in [0.25, 0.3) is 0 Å². The highest BCUT2D eigenvalue weighted by atomic mass is 16.5. The van der Waals surface area contributed by atoms with Gasteiger partial charge in [-0.25, -0.2) is 0 Å². The summed E-state index contributed by atoms with van der Waals surface area (Å²) in [6.07, 6.45) is 2.80. The number of carbonyl (C=O) groups is 1. The first-order valence-corrected chi connectivity index (χ1v) is 10.3. The number of rotatable bonds is 4. The van der Waals surface area contributed by atoms with E-state index in [1.165, 1.54) is 11.1 Å². The number of hydrogen-bond donors (Lipinski definition) is 0. The molecule has 1 atom stereocenters. The van der Waals surface area contributed by atoms with E-state index in [4.69, 9.17) is 9.47 Å². The average Bonchev–Trinajstić information content (AvgIpc) is 3.06. The summed E-state index contributed by atoms with van der Waals surface area (Å²) in [5.74, 6) is 1.14. The van der Waals surface area contributed by atoms with Gasteiger partial charge in [-0.15, -0.1) is 0 Å². The molecule has 4 heteroatoms. The van der Waals surface area contributed by atoms with Crippen molar-refractivity contribution in [2.75, 3.05) is 31.8 Å². The summed E-state index contributed by atoms with van der Waals surface area (Å²) in [5, 5.41) is 0. The van der Waals surface area contributed by atoms with Crippen LogP contribution in [0.1, 0.15) is 38.7 Å². The molecule has 0 aliphatic carbocycles. The van der Waals surface area contributed by atoms with Crippen LogP contribution in [0.4, 0.5) is 5.69 Å². The molecule has 1 fully saturated rings. The average molecular weight is 380 g/mol. The molecule has 0 aromatic heterocycles. The number of nitrogens with zero attached hydrogens (tertiary/aromatic N) is 1. The summed E-state index contributed by atoms with van der Waals surface area (Å²) < 4.78 is 10.9. The molecule has 1 unspecified atom stereocenters. The molecule has 0 N–H and O–H groups in total. The Morgan fingerprint density at radius 2 is 1.82 bits per heavy atom. The topological polar surface area (TPSA) is 38.8 Å². The molecule has 4 rings (SSSR count). The van der Waals surface area contributed by atoms with Gasteiger partial charge in [-0.1, -0.05) is 32.0 Å². The first-order chi connectivity index (χ1) is 13.6. The molecular formula is C24H29NO3. The van der Waals surface area contributed by atoms with Gasteiger partial charge in [0.1, 0.15) is 5.75 Å². The Kier molecular flexibility index (Phi) is 5.15. The van der Waals surface area contributed by atoms with Gasteiger partial charge < -0.3 is 14.4 Å². The van der Waals surface area contributed by atoms with Crippen molar-refractivity contribution in [3.8, 4) is 16.9 Å². The highest BCUT2D eigenvalue weighted by Crippen LogP contribution is 2.48. The zero-order valence-electron chi connectivity index (χ0n) is 17.0. The molecule has 0 bridgehead atoms. The van der Waals surface area contributed by atoms with Crippen LogP contribution in [0.25, 0.3) is 11.1 Å². The van der Waals surface area contributed by atoms with Crippen LogP contribution in [-0.2, 0) is 14.9 Å². The standard InChI is InChI=1S/C24H29NO3/c1-4-17(2)23(26)25-16-24(11-13-28-14-12-24)21-15-19(7-10-22(21)25)18-5-8-20(27-3)9-6-18/h5-10,15,17H,4,11-14,16H2,1-3H3. The van der Waals surface area contributed by atoms with Crippen LogP contribution < -0.4 is 9.64 Å². The number of benzene rings is 2. The third-order valence-corrected chi connectivity index (χ3v) is 6.49. The van der Waals surface area contributed by atoms with Gasteiger partial charge in [-0.2, -0.15) is 0 Å². The summed E-state index contributed by atoms with van der Waals surface area (Å²) in [6.45, 7) is 6.41. The van der Waals surface area contributed by atoms with E-state index < -0.39 is 0 Å². The Balaban J connectivity index is 1.76. The van der Waals surface area contributed by atoms with Crippen LogP contribution in [0, 0.1) is 5.92 Å². The van der Waals surface area contributed by atoms with Gasteiger partial charge >= 0.3 is 0 Å². The van der Waals surface area contributed by atoms with Gasteiger partial charge in [-0.3, -0.25) is 4.79 Å². The van der Waals surface area contributed by atoms with E-state index in [2.05, 4.69) is 37.3 Å². The summed E-state index contributed by atoms with van der Waals surface area (Å²) in [6, 6.07) is 14.7. The summed E-state index contributed by atoms with van der Waals surface area (Å²) in [4.78, 5) is 15.1. The Morgan fingerprint density at radius 1 is 1.14 bits per heavy atom. The maximum atomic E-state index is 13.1. The smallest absolute Gasteiger partial charge is 0.229 e. The maximum absolute atomic E-state index is 13.1. The quantitative estimate of drug-likeness (QED) is 0.766. The predicted octanol–water partition coefficient (Wildman–Crippen LogP) is 4.80. The van der Waals surface area contributed by atoms with Gasteiger partial charge in [0.15, 0.2) is 0 Å². The molecule has 0 saturated carbocycles. The predicted molar refractivity (Wildman–Crippen MR) is 112 cm³/mol. The lowest BCUT2D eigenvalue weighted by molar-refractivity contribution is -0.122. The van der Waals surface area contributed by atoms with E-state index in [0.717, 1.165) is 56.0 Å². The number of amides is 1.